The number of hydrogen-bond donors (Lipinski definition) is 1. The zero-order valence-corrected chi connectivity index (χ0v) is 16.0. The Morgan fingerprint density at radius 3 is 3.00 bits per heavy atom. The van der Waals surface area contributed by atoms with Gasteiger partial charge in [-0.3, -0.25) is 9.69 Å². The van der Waals surface area contributed by atoms with E-state index in [1.165, 1.54) is 16.0 Å². The lowest BCUT2D eigenvalue weighted by Crippen LogP contribution is -2.36. The lowest BCUT2D eigenvalue weighted by Gasteiger charge is -2.27. The van der Waals surface area contributed by atoms with Crippen LogP contribution in [0.5, 0.6) is 0 Å². The molecule has 1 aliphatic heterocycles. The molecule has 3 rings (SSSR count). The van der Waals surface area contributed by atoms with Crippen molar-refractivity contribution in [2.24, 2.45) is 0 Å². The van der Waals surface area contributed by atoms with Gasteiger partial charge >= 0.3 is 0 Å². The molecule has 0 fully saturated rings. The SMILES string of the molecule is COC[C@H](C)NC(=O)c1csc2c1CCN(Cc1c(C)noc1C)C2. The van der Waals surface area contributed by atoms with E-state index in [0.29, 0.717) is 6.61 Å². The van der Waals surface area contributed by atoms with Crippen molar-refractivity contribution < 1.29 is 14.1 Å². The van der Waals surface area contributed by atoms with Crippen LogP contribution >= 0.6 is 11.3 Å². The fraction of sp³-hybridized carbons (Fsp3) is 0.556. The highest BCUT2D eigenvalue weighted by molar-refractivity contribution is 7.10. The summed E-state index contributed by atoms with van der Waals surface area (Å²) >= 11 is 1.67. The normalized spacial score (nSPS) is 15.8. The number of nitrogens with one attached hydrogen (secondary N) is 1. The van der Waals surface area contributed by atoms with Gasteiger partial charge in [0.25, 0.3) is 5.91 Å². The first-order chi connectivity index (χ1) is 12.0. The van der Waals surface area contributed by atoms with Gasteiger partial charge in [0.2, 0.25) is 0 Å². The topological polar surface area (TPSA) is 67.6 Å². The number of ether oxygens (including phenoxy) is 1. The van der Waals surface area contributed by atoms with Crippen molar-refractivity contribution in [3.05, 3.63) is 38.4 Å². The van der Waals surface area contributed by atoms with Gasteiger partial charge in [0.15, 0.2) is 0 Å². The van der Waals surface area contributed by atoms with Crippen molar-refractivity contribution >= 4 is 17.2 Å². The van der Waals surface area contributed by atoms with Gasteiger partial charge in [0, 0.05) is 48.6 Å². The molecule has 7 heteroatoms. The predicted octanol–water partition coefficient (Wildman–Crippen LogP) is 2.68. The van der Waals surface area contributed by atoms with Gasteiger partial charge in [-0.15, -0.1) is 11.3 Å². The Hall–Kier alpha value is -1.70. The van der Waals surface area contributed by atoms with E-state index in [-0.39, 0.29) is 11.9 Å². The van der Waals surface area contributed by atoms with Crippen LogP contribution in [0.4, 0.5) is 0 Å². The molecule has 1 atom stereocenters. The molecule has 1 N–H and O–H groups in total. The standard InChI is InChI=1S/C18H25N3O3S/c1-11(9-23-4)19-18(22)16-10-25-17-8-21(6-5-14(16)17)7-15-12(2)20-24-13(15)3/h10-11H,5-9H2,1-4H3,(H,19,22)/t11-/m0/s1. The summed E-state index contributed by atoms with van der Waals surface area (Å²) < 4.78 is 10.3. The number of aryl methyl sites for hydroxylation is 2. The van der Waals surface area contributed by atoms with Crippen LogP contribution in [0.2, 0.25) is 0 Å². The van der Waals surface area contributed by atoms with Crippen LogP contribution in [0.1, 0.15) is 44.7 Å². The van der Waals surface area contributed by atoms with Crippen molar-refractivity contribution in [1.29, 1.82) is 0 Å². The molecule has 1 amide bonds. The minimum Gasteiger partial charge on any atom is -0.383 e. The molecule has 2 aromatic rings. The molecule has 25 heavy (non-hydrogen) atoms. The summed E-state index contributed by atoms with van der Waals surface area (Å²) in [5, 5.41) is 9.02. The number of aromatic nitrogens is 1. The van der Waals surface area contributed by atoms with E-state index in [1.807, 2.05) is 26.2 Å². The average Bonchev–Trinajstić information content (AvgIpc) is 3.13. The molecular weight excluding hydrogens is 338 g/mol. The van der Waals surface area contributed by atoms with Gasteiger partial charge in [-0.25, -0.2) is 0 Å². The summed E-state index contributed by atoms with van der Waals surface area (Å²) in [6.07, 6.45) is 0.892. The number of amides is 1. The third kappa shape index (κ3) is 3.94. The molecule has 0 saturated heterocycles. The molecule has 136 valence electrons. The number of thiophene rings is 1. The summed E-state index contributed by atoms with van der Waals surface area (Å²) in [7, 11) is 1.64. The zero-order valence-electron chi connectivity index (χ0n) is 15.2. The molecule has 3 heterocycles. The first kappa shape index (κ1) is 18.1. The maximum atomic E-state index is 12.5. The summed E-state index contributed by atoms with van der Waals surface area (Å²) in [5.41, 5.74) is 4.15. The highest BCUT2D eigenvalue weighted by Gasteiger charge is 2.25. The quantitative estimate of drug-likeness (QED) is 0.855. The van der Waals surface area contributed by atoms with E-state index in [9.17, 15) is 4.79 Å². The van der Waals surface area contributed by atoms with Crippen LogP contribution in [0.3, 0.4) is 0 Å². The summed E-state index contributed by atoms with van der Waals surface area (Å²) in [4.78, 5) is 16.2. The zero-order chi connectivity index (χ0) is 18.0. The number of fused-ring (bicyclic) bond motifs is 1. The molecule has 0 unspecified atom stereocenters. The Balaban J connectivity index is 1.67. The number of nitrogens with zero attached hydrogens (tertiary/aromatic N) is 2. The van der Waals surface area contributed by atoms with Crippen molar-refractivity contribution in [3.63, 3.8) is 0 Å². The molecule has 1 aliphatic rings. The predicted molar refractivity (Wildman–Crippen MR) is 96.9 cm³/mol. The van der Waals surface area contributed by atoms with E-state index in [0.717, 1.165) is 43.1 Å². The van der Waals surface area contributed by atoms with Crippen LogP contribution in [-0.2, 0) is 24.2 Å². The lowest BCUT2D eigenvalue weighted by molar-refractivity contribution is 0.0904. The summed E-state index contributed by atoms with van der Waals surface area (Å²) in [6.45, 7) is 9.04. The minimum atomic E-state index is 0.00113. The molecule has 0 bridgehead atoms. The average molecular weight is 363 g/mol. The highest BCUT2D eigenvalue weighted by atomic mass is 32.1. The Bertz CT molecular complexity index is 733. The number of methoxy groups -OCH3 is 1. The number of carbonyl (C=O) groups is 1. The number of carbonyl (C=O) groups excluding carboxylic acids is 1. The molecule has 0 aromatic carbocycles. The van der Waals surface area contributed by atoms with E-state index < -0.39 is 0 Å². The van der Waals surface area contributed by atoms with Gasteiger partial charge < -0.3 is 14.6 Å². The van der Waals surface area contributed by atoms with Crippen molar-refractivity contribution in [2.75, 3.05) is 20.3 Å². The van der Waals surface area contributed by atoms with Gasteiger partial charge in [0.1, 0.15) is 5.76 Å². The second-order valence-electron chi connectivity index (χ2n) is 6.64. The van der Waals surface area contributed by atoms with Crippen molar-refractivity contribution in [1.82, 2.24) is 15.4 Å². The Kier molecular flexibility index (Phi) is 5.56. The molecule has 0 radical (unpaired) electrons. The summed E-state index contributed by atoms with van der Waals surface area (Å²) in [5.74, 6) is 0.892. The smallest absolute Gasteiger partial charge is 0.252 e. The third-order valence-corrected chi connectivity index (χ3v) is 5.64. The minimum absolute atomic E-state index is 0.00113. The Morgan fingerprint density at radius 2 is 2.32 bits per heavy atom. The fourth-order valence-corrected chi connectivity index (χ4v) is 4.37. The van der Waals surface area contributed by atoms with Crippen LogP contribution in [0.15, 0.2) is 9.90 Å². The van der Waals surface area contributed by atoms with Gasteiger partial charge in [0.05, 0.1) is 17.9 Å². The third-order valence-electron chi connectivity index (χ3n) is 4.63. The van der Waals surface area contributed by atoms with E-state index >= 15 is 0 Å². The highest BCUT2D eigenvalue weighted by Crippen LogP contribution is 2.30. The maximum absolute atomic E-state index is 12.5. The first-order valence-corrected chi connectivity index (χ1v) is 9.40. The van der Waals surface area contributed by atoms with Crippen LogP contribution < -0.4 is 5.32 Å². The van der Waals surface area contributed by atoms with E-state index in [1.54, 1.807) is 18.4 Å². The summed E-state index contributed by atoms with van der Waals surface area (Å²) in [6, 6.07) is 0.00711. The molecular formula is C18H25N3O3S. The van der Waals surface area contributed by atoms with Crippen LogP contribution in [-0.4, -0.2) is 42.3 Å². The Morgan fingerprint density at radius 1 is 1.52 bits per heavy atom. The van der Waals surface area contributed by atoms with Crippen LogP contribution in [0, 0.1) is 13.8 Å². The second kappa shape index (κ2) is 7.68. The molecule has 0 aliphatic carbocycles. The maximum Gasteiger partial charge on any atom is 0.252 e. The Labute approximate surface area is 152 Å². The van der Waals surface area contributed by atoms with Crippen molar-refractivity contribution in [3.8, 4) is 0 Å². The van der Waals surface area contributed by atoms with Crippen LogP contribution in [0.25, 0.3) is 0 Å². The second-order valence-corrected chi connectivity index (χ2v) is 7.61. The monoisotopic (exact) mass is 363 g/mol. The largest absolute Gasteiger partial charge is 0.383 e. The van der Waals surface area contributed by atoms with Gasteiger partial charge in [-0.2, -0.15) is 0 Å². The lowest BCUT2D eigenvalue weighted by atomic mass is 10.0. The molecule has 0 spiro atoms. The van der Waals surface area contributed by atoms with Gasteiger partial charge in [-0.05, 0) is 32.8 Å². The first-order valence-electron chi connectivity index (χ1n) is 8.52. The molecule has 2 aromatic heterocycles. The van der Waals surface area contributed by atoms with Crippen molar-refractivity contribution in [2.45, 2.75) is 46.3 Å². The van der Waals surface area contributed by atoms with E-state index in [2.05, 4.69) is 15.4 Å². The van der Waals surface area contributed by atoms with E-state index in [4.69, 9.17) is 9.26 Å². The van der Waals surface area contributed by atoms with Gasteiger partial charge in [-0.1, -0.05) is 5.16 Å². The number of rotatable bonds is 6. The molecule has 0 saturated carbocycles. The fourth-order valence-electron chi connectivity index (χ4n) is 3.25. The molecule has 6 nitrogen and oxygen atoms in total. The number of hydrogen-bond acceptors (Lipinski definition) is 6.